The van der Waals surface area contributed by atoms with Crippen LogP contribution in [0, 0.1) is 5.82 Å². The van der Waals surface area contributed by atoms with Gasteiger partial charge < -0.3 is 19.3 Å². The number of aliphatic hydroxyl groups excluding tert-OH is 1. The molecule has 170 valence electrons. The average molecular weight is 447 g/mol. The number of β-amino-alcohol motifs (C(OH)–C–C–N with tert-alkyl or cyclic N) is 1. The smallest absolute Gasteiger partial charge is 0.170 e. The van der Waals surface area contributed by atoms with Crippen LogP contribution in [0.2, 0.25) is 0 Å². The number of benzene rings is 3. The van der Waals surface area contributed by atoms with Crippen LogP contribution < -0.4 is 4.74 Å². The molecule has 6 heteroatoms. The first-order valence-electron chi connectivity index (χ1n) is 11.4. The molecule has 1 aliphatic rings. The molecule has 3 aromatic carbocycles. The van der Waals surface area contributed by atoms with Crippen molar-refractivity contribution in [3.8, 4) is 17.0 Å². The second-order valence-electron chi connectivity index (χ2n) is 8.65. The van der Waals surface area contributed by atoms with Crippen LogP contribution in [0.1, 0.15) is 24.3 Å². The standard InChI is InChI=1S/C27H27FN2O3/c28-22-8-11-25-26(16-22)33-29-27(25)21-6-9-24(10-7-21)32-18-23(31)17-30-14-12-20(13-15-30)19-4-2-1-3-5-19/h1-11,16,20,23,31H,12-15,17-18H2/t23-/m1/s1. The minimum atomic E-state index is -0.549. The number of aliphatic hydroxyl groups is 1. The maximum absolute atomic E-state index is 13.4. The van der Waals surface area contributed by atoms with Gasteiger partial charge in [-0.05, 0) is 73.8 Å². The molecule has 1 aliphatic heterocycles. The molecule has 0 unspecified atom stereocenters. The Kier molecular flexibility index (Phi) is 6.37. The summed E-state index contributed by atoms with van der Waals surface area (Å²) in [7, 11) is 0. The minimum absolute atomic E-state index is 0.240. The van der Waals surface area contributed by atoms with E-state index >= 15 is 0 Å². The summed E-state index contributed by atoms with van der Waals surface area (Å²) in [5.41, 5.74) is 3.35. The number of hydrogen-bond acceptors (Lipinski definition) is 5. The number of fused-ring (bicyclic) bond motifs is 1. The van der Waals surface area contributed by atoms with E-state index in [2.05, 4.69) is 40.4 Å². The molecule has 1 N–H and O–H groups in total. The number of ether oxygens (including phenoxy) is 1. The van der Waals surface area contributed by atoms with Crippen molar-refractivity contribution >= 4 is 11.0 Å². The van der Waals surface area contributed by atoms with E-state index in [4.69, 9.17) is 9.26 Å². The van der Waals surface area contributed by atoms with Gasteiger partial charge in [0, 0.05) is 23.6 Å². The van der Waals surface area contributed by atoms with E-state index in [0.29, 0.717) is 29.5 Å². The van der Waals surface area contributed by atoms with Gasteiger partial charge in [0.2, 0.25) is 0 Å². The Balaban J connectivity index is 1.11. The molecule has 0 spiro atoms. The summed E-state index contributed by atoms with van der Waals surface area (Å²) >= 11 is 0. The molecular formula is C27H27FN2O3. The zero-order chi connectivity index (χ0) is 22.6. The molecule has 1 fully saturated rings. The van der Waals surface area contributed by atoms with Crippen molar-refractivity contribution in [2.24, 2.45) is 0 Å². The summed E-state index contributed by atoms with van der Waals surface area (Å²) < 4.78 is 24.4. The Bertz CT molecular complexity index is 1190. The fourth-order valence-corrected chi connectivity index (χ4v) is 4.55. The molecule has 5 nitrogen and oxygen atoms in total. The molecule has 5 rings (SSSR count). The lowest BCUT2D eigenvalue weighted by Gasteiger charge is -2.33. The van der Waals surface area contributed by atoms with Crippen LogP contribution in [0.4, 0.5) is 4.39 Å². The maximum Gasteiger partial charge on any atom is 0.170 e. The lowest BCUT2D eigenvalue weighted by atomic mass is 9.89. The van der Waals surface area contributed by atoms with Crippen LogP contribution in [0.15, 0.2) is 77.3 Å². The first-order valence-corrected chi connectivity index (χ1v) is 11.4. The van der Waals surface area contributed by atoms with Crippen LogP contribution in [0.25, 0.3) is 22.2 Å². The highest BCUT2D eigenvalue weighted by molar-refractivity contribution is 5.91. The van der Waals surface area contributed by atoms with Crippen molar-refractivity contribution in [3.63, 3.8) is 0 Å². The summed E-state index contributed by atoms with van der Waals surface area (Å²) in [5, 5.41) is 15.3. The highest BCUT2D eigenvalue weighted by Gasteiger charge is 2.22. The van der Waals surface area contributed by atoms with E-state index in [-0.39, 0.29) is 12.4 Å². The van der Waals surface area contributed by atoms with Gasteiger partial charge in [0.1, 0.15) is 30.0 Å². The molecule has 2 heterocycles. The lowest BCUT2D eigenvalue weighted by Crippen LogP contribution is -2.40. The van der Waals surface area contributed by atoms with Crippen LogP contribution in [0.5, 0.6) is 5.75 Å². The van der Waals surface area contributed by atoms with Gasteiger partial charge in [0.25, 0.3) is 0 Å². The Morgan fingerprint density at radius 3 is 2.55 bits per heavy atom. The van der Waals surface area contributed by atoms with E-state index in [1.54, 1.807) is 6.07 Å². The van der Waals surface area contributed by atoms with Gasteiger partial charge in [0.05, 0.1) is 0 Å². The number of piperidine rings is 1. The highest BCUT2D eigenvalue weighted by atomic mass is 19.1. The third kappa shape index (κ3) is 5.07. The van der Waals surface area contributed by atoms with Crippen LogP contribution in [-0.4, -0.2) is 47.5 Å². The van der Waals surface area contributed by atoms with Crippen molar-refractivity contribution in [2.45, 2.75) is 24.9 Å². The molecule has 1 saturated heterocycles. The Labute approximate surface area is 192 Å². The third-order valence-electron chi connectivity index (χ3n) is 6.33. The van der Waals surface area contributed by atoms with E-state index in [1.165, 1.54) is 17.7 Å². The second-order valence-corrected chi connectivity index (χ2v) is 8.65. The molecule has 1 atom stereocenters. The Hall–Kier alpha value is -3.22. The molecular weight excluding hydrogens is 419 g/mol. The van der Waals surface area contributed by atoms with Crippen molar-refractivity contribution in [1.82, 2.24) is 10.1 Å². The Morgan fingerprint density at radius 1 is 1.03 bits per heavy atom. The van der Waals surface area contributed by atoms with Crippen LogP contribution >= 0.6 is 0 Å². The number of aromatic nitrogens is 1. The number of rotatable bonds is 7. The lowest BCUT2D eigenvalue weighted by molar-refractivity contribution is 0.0594. The van der Waals surface area contributed by atoms with Gasteiger partial charge in [-0.2, -0.15) is 0 Å². The zero-order valence-corrected chi connectivity index (χ0v) is 18.4. The molecule has 0 bridgehead atoms. The highest BCUT2D eigenvalue weighted by Crippen LogP contribution is 2.30. The predicted molar refractivity (Wildman–Crippen MR) is 126 cm³/mol. The fraction of sp³-hybridized carbons (Fsp3) is 0.296. The van der Waals surface area contributed by atoms with E-state index < -0.39 is 6.10 Å². The van der Waals surface area contributed by atoms with Crippen molar-refractivity contribution in [2.75, 3.05) is 26.2 Å². The van der Waals surface area contributed by atoms with Crippen LogP contribution in [-0.2, 0) is 0 Å². The summed E-state index contributed by atoms with van der Waals surface area (Å²) in [6.07, 6.45) is 1.68. The predicted octanol–water partition coefficient (Wildman–Crippen LogP) is 5.25. The number of likely N-dealkylation sites (tertiary alicyclic amines) is 1. The van der Waals surface area contributed by atoms with Gasteiger partial charge in [-0.15, -0.1) is 0 Å². The average Bonchev–Trinajstić information content (AvgIpc) is 3.27. The van der Waals surface area contributed by atoms with Crippen molar-refractivity contribution in [1.29, 1.82) is 0 Å². The number of hydrogen-bond donors (Lipinski definition) is 1. The summed E-state index contributed by atoms with van der Waals surface area (Å²) in [6, 6.07) is 22.5. The number of halogens is 1. The molecule has 0 saturated carbocycles. The maximum atomic E-state index is 13.4. The first kappa shape index (κ1) is 21.6. The van der Waals surface area contributed by atoms with Gasteiger partial charge in [-0.3, -0.25) is 0 Å². The van der Waals surface area contributed by atoms with E-state index in [0.717, 1.165) is 36.9 Å². The van der Waals surface area contributed by atoms with Crippen LogP contribution in [0.3, 0.4) is 0 Å². The summed E-state index contributed by atoms with van der Waals surface area (Å²) in [4.78, 5) is 2.31. The van der Waals surface area contributed by atoms with Crippen molar-refractivity contribution < 1.29 is 18.8 Å². The molecule has 0 radical (unpaired) electrons. The van der Waals surface area contributed by atoms with E-state index in [9.17, 15) is 9.50 Å². The summed E-state index contributed by atoms with van der Waals surface area (Å²) in [5.74, 6) is 0.933. The zero-order valence-electron chi connectivity index (χ0n) is 18.4. The normalized spacial score (nSPS) is 16.2. The topological polar surface area (TPSA) is 58.7 Å². The number of nitrogens with zero attached hydrogens (tertiary/aromatic N) is 2. The van der Waals surface area contributed by atoms with Gasteiger partial charge in [0.15, 0.2) is 5.58 Å². The van der Waals surface area contributed by atoms with Crippen molar-refractivity contribution in [3.05, 3.63) is 84.2 Å². The first-order chi connectivity index (χ1) is 16.2. The molecule has 33 heavy (non-hydrogen) atoms. The quantitative estimate of drug-likeness (QED) is 0.420. The summed E-state index contributed by atoms with van der Waals surface area (Å²) in [6.45, 7) is 2.83. The molecule has 4 aromatic rings. The third-order valence-corrected chi connectivity index (χ3v) is 6.33. The second kappa shape index (κ2) is 9.73. The van der Waals surface area contributed by atoms with Gasteiger partial charge in [-0.1, -0.05) is 35.5 Å². The fourth-order valence-electron chi connectivity index (χ4n) is 4.55. The molecule has 0 aliphatic carbocycles. The van der Waals surface area contributed by atoms with Gasteiger partial charge >= 0.3 is 0 Å². The Morgan fingerprint density at radius 2 is 1.79 bits per heavy atom. The molecule has 0 amide bonds. The molecule has 1 aromatic heterocycles. The monoisotopic (exact) mass is 446 g/mol. The largest absolute Gasteiger partial charge is 0.491 e. The van der Waals surface area contributed by atoms with Gasteiger partial charge in [-0.25, -0.2) is 4.39 Å². The SMILES string of the molecule is O[C@@H](COc1ccc(-c2noc3cc(F)ccc23)cc1)CN1CCC(c2ccccc2)CC1. The van der Waals surface area contributed by atoms with E-state index in [1.807, 2.05) is 24.3 Å². The minimum Gasteiger partial charge on any atom is -0.491 e.